The Hall–Kier alpha value is -2.00. The Morgan fingerprint density at radius 3 is 2.20 bits per heavy atom. The molecular formula is C17H21NO2. The van der Waals surface area contributed by atoms with E-state index in [-0.39, 0.29) is 12.6 Å². The Balaban J connectivity index is 2.10. The number of nitrogens with one attached hydrogen (secondary N) is 1. The normalized spacial score (nSPS) is 11.9. The number of ether oxygens (including phenoxy) is 1. The van der Waals surface area contributed by atoms with E-state index in [2.05, 4.69) is 24.4 Å². The fraction of sp³-hybridized carbons (Fsp3) is 0.294. The molecule has 2 aromatic rings. The molecule has 0 saturated heterocycles. The second kappa shape index (κ2) is 6.96. The van der Waals surface area contributed by atoms with Crippen LogP contribution in [0.5, 0.6) is 5.75 Å². The van der Waals surface area contributed by atoms with Gasteiger partial charge in [-0.3, -0.25) is 0 Å². The van der Waals surface area contributed by atoms with Crippen LogP contribution in [-0.2, 0) is 6.61 Å². The summed E-state index contributed by atoms with van der Waals surface area (Å²) in [5.74, 6) is 0.871. The molecule has 0 spiro atoms. The lowest BCUT2D eigenvalue weighted by atomic mass is 10.0. The van der Waals surface area contributed by atoms with Crippen LogP contribution in [0.1, 0.15) is 30.5 Å². The molecule has 2 rings (SSSR count). The molecule has 0 aromatic heterocycles. The standard InChI is InChI=1S/C17H21NO2/c1-3-17(14-6-10-16(20-2)11-7-14)18-15-8-4-13(12-19)5-9-15/h4-11,17-19H,3,12H2,1-2H3. The molecule has 0 fully saturated rings. The maximum Gasteiger partial charge on any atom is 0.118 e. The van der Waals surface area contributed by atoms with E-state index in [4.69, 9.17) is 9.84 Å². The molecule has 0 aliphatic heterocycles. The molecule has 2 aromatic carbocycles. The Labute approximate surface area is 120 Å². The summed E-state index contributed by atoms with van der Waals surface area (Å²) in [5.41, 5.74) is 3.22. The average molecular weight is 271 g/mol. The molecule has 0 saturated carbocycles. The fourth-order valence-electron chi connectivity index (χ4n) is 2.16. The number of benzene rings is 2. The summed E-state index contributed by atoms with van der Waals surface area (Å²) in [4.78, 5) is 0. The molecule has 106 valence electrons. The van der Waals surface area contributed by atoms with Crippen molar-refractivity contribution in [2.75, 3.05) is 12.4 Å². The first-order valence-corrected chi connectivity index (χ1v) is 6.87. The molecule has 2 N–H and O–H groups in total. The van der Waals surface area contributed by atoms with Crippen LogP contribution in [0.2, 0.25) is 0 Å². The first kappa shape index (κ1) is 14.4. The number of anilines is 1. The van der Waals surface area contributed by atoms with Gasteiger partial charge in [0, 0.05) is 5.69 Å². The summed E-state index contributed by atoms with van der Waals surface area (Å²) in [6.07, 6.45) is 0.994. The van der Waals surface area contributed by atoms with Crippen molar-refractivity contribution < 1.29 is 9.84 Å². The highest BCUT2D eigenvalue weighted by molar-refractivity contribution is 5.47. The van der Waals surface area contributed by atoms with Crippen LogP contribution in [0, 0.1) is 0 Å². The lowest BCUT2D eigenvalue weighted by molar-refractivity contribution is 0.282. The van der Waals surface area contributed by atoms with Gasteiger partial charge in [-0.1, -0.05) is 31.2 Å². The van der Waals surface area contributed by atoms with E-state index in [9.17, 15) is 0 Å². The first-order chi connectivity index (χ1) is 9.76. The van der Waals surface area contributed by atoms with Crippen molar-refractivity contribution in [1.29, 1.82) is 0 Å². The summed E-state index contributed by atoms with van der Waals surface area (Å²) in [7, 11) is 1.67. The van der Waals surface area contributed by atoms with Gasteiger partial charge in [-0.05, 0) is 41.8 Å². The van der Waals surface area contributed by atoms with E-state index in [1.807, 2.05) is 36.4 Å². The minimum atomic E-state index is 0.0793. The van der Waals surface area contributed by atoms with Gasteiger partial charge in [0.15, 0.2) is 0 Å². The SMILES string of the molecule is CCC(Nc1ccc(CO)cc1)c1ccc(OC)cc1. The average Bonchev–Trinajstić information content (AvgIpc) is 2.53. The summed E-state index contributed by atoms with van der Waals surface area (Å²) in [6, 6.07) is 16.3. The number of rotatable bonds is 6. The maximum atomic E-state index is 9.05. The van der Waals surface area contributed by atoms with E-state index >= 15 is 0 Å². The van der Waals surface area contributed by atoms with Crippen molar-refractivity contribution in [1.82, 2.24) is 0 Å². The van der Waals surface area contributed by atoms with Crippen molar-refractivity contribution in [3.63, 3.8) is 0 Å². The van der Waals surface area contributed by atoms with Gasteiger partial charge in [-0.25, -0.2) is 0 Å². The van der Waals surface area contributed by atoms with E-state index in [1.165, 1.54) is 5.56 Å². The summed E-state index contributed by atoms with van der Waals surface area (Å²) >= 11 is 0. The van der Waals surface area contributed by atoms with Crippen LogP contribution in [-0.4, -0.2) is 12.2 Å². The molecule has 1 atom stereocenters. The first-order valence-electron chi connectivity index (χ1n) is 6.87. The van der Waals surface area contributed by atoms with Gasteiger partial charge in [0.1, 0.15) is 5.75 Å². The molecule has 20 heavy (non-hydrogen) atoms. The highest BCUT2D eigenvalue weighted by atomic mass is 16.5. The predicted octanol–water partition coefficient (Wildman–Crippen LogP) is 3.75. The van der Waals surface area contributed by atoms with Crippen LogP contribution in [0.3, 0.4) is 0 Å². The number of aliphatic hydroxyl groups is 1. The lowest BCUT2D eigenvalue weighted by Crippen LogP contribution is -2.09. The Morgan fingerprint density at radius 1 is 1.05 bits per heavy atom. The zero-order valence-corrected chi connectivity index (χ0v) is 12.0. The molecule has 1 unspecified atom stereocenters. The Kier molecular flexibility index (Phi) is 5.02. The second-order valence-electron chi connectivity index (χ2n) is 4.73. The van der Waals surface area contributed by atoms with Gasteiger partial charge < -0.3 is 15.2 Å². The van der Waals surface area contributed by atoms with Gasteiger partial charge in [-0.2, -0.15) is 0 Å². The van der Waals surface area contributed by atoms with Crippen molar-refractivity contribution in [2.24, 2.45) is 0 Å². The van der Waals surface area contributed by atoms with Gasteiger partial charge in [-0.15, -0.1) is 0 Å². The number of aliphatic hydroxyl groups excluding tert-OH is 1. The third kappa shape index (κ3) is 3.52. The van der Waals surface area contributed by atoms with Crippen molar-refractivity contribution in [3.05, 3.63) is 59.7 Å². The Bertz CT molecular complexity index is 520. The summed E-state index contributed by atoms with van der Waals surface area (Å²) in [6.45, 7) is 2.24. The minimum absolute atomic E-state index is 0.0793. The summed E-state index contributed by atoms with van der Waals surface area (Å²) in [5, 5.41) is 12.6. The van der Waals surface area contributed by atoms with Crippen molar-refractivity contribution in [2.45, 2.75) is 26.0 Å². The largest absolute Gasteiger partial charge is 0.497 e. The highest BCUT2D eigenvalue weighted by Gasteiger charge is 2.09. The lowest BCUT2D eigenvalue weighted by Gasteiger charge is -2.19. The molecule has 0 amide bonds. The van der Waals surface area contributed by atoms with Crippen LogP contribution in [0.15, 0.2) is 48.5 Å². The third-order valence-electron chi connectivity index (χ3n) is 3.40. The van der Waals surface area contributed by atoms with Gasteiger partial charge in [0.05, 0.1) is 19.8 Å². The van der Waals surface area contributed by atoms with Gasteiger partial charge in [0.2, 0.25) is 0 Å². The van der Waals surface area contributed by atoms with Crippen LogP contribution in [0.4, 0.5) is 5.69 Å². The highest BCUT2D eigenvalue weighted by Crippen LogP contribution is 2.24. The van der Waals surface area contributed by atoms with E-state index in [0.717, 1.165) is 23.4 Å². The fourth-order valence-corrected chi connectivity index (χ4v) is 2.16. The minimum Gasteiger partial charge on any atom is -0.497 e. The van der Waals surface area contributed by atoms with Crippen molar-refractivity contribution >= 4 is 5.69 Å². The molecule has 0 aliphatic carbocycles. The molecule has 3 nitrogen and oxygen atoms in total. The quantitative estimate of drug-likeness (QED) is 0.840. The number of methoxy groups -OCH3 is 1. The van der Waals surface area contributed by atoms with E-state index in [0.29, 0.717) is 0 Å². The van der Waals surface area contributed by atoms with Crippen molar-refractivity contribution in [3.8, 4) is 5.75 Å². The van der Waals surface area contributed by atoms with E-state index < -0.39 is 0 Å². The predicted molar refractivity (Wildman–Crippen MR) is 82.0 cm³/mol. The zero-order chi connectivity index (χ0) is 14.4. The molecule has 3 heteroatoms. The monoisotopic (exact) mass is 271 g/mol. The van der Waals surface area contributed by atoms with Crippen LogP contribution < -0.4 is 10.1 Å². The smallest absolute Gasteiger partial charge is 0.118 e. The van der Waals surface area contributed by atoms with Gasteiger partial charge >= 0.3 is 0 Å². The third-order valence-corrected chi connectivity index (χ3v) is 3.40. The number of hydrogen-bond donors (Lipinski definition) is 2. The molecular weight excluding hydrogens is 250 g/mol. The van der Waals surface area contributed by atoms with E-state index in [1.54, 1.807) is 7.11 Å². The maximum absolute atomic E-state index is 9.05. The molecule has 0 radical (unpaired) electrons. The second-order valence-corrected chi connectivity index (χ2v) is 4.73. The summed E-state index contributed by atoms with van der Waals surface area (Å²) < 4.78 is 5.18. The van der Waals surface area contributed by atoms with Crippen LogP contribution in [0.25, 0.3) is 0 Å². The molecule has 0 bridgehead atoms. The topological polar surface area (TPSA) is 41.5 Å². The Morgan fingerprint density at radius 2 is 1.70 bits per heavy atom. The zero-order valence-electron chi connectivity index (χ0n) is 12.0. The van der Waals surface area contributed by atoms with Gasteiger partial charge in [0.25, 0.3) is 0 Å². The van der Waals surface area contributed by atoms with Crippen LogP contribution >= 0.6 is 0 Å². The number of hydrogen-bond acceptors (Lipinski definition) is 3. The molecule has 0 heterocycles. The molecule has 0 aliphatic rings.